The van der Waals surface area contributed by atoms with Gasteiger partial charge in [-0.2, -0.15) is 0 Å². The Labute approximate surface area is 518 Å². The number of hydrogen-bond donors (Lipinski definition) is 4. The van der Waals surface area contributed by atoms with Crippen LogP contribution in [0.4, 0.5) is 0 Å². The van der Waals surface area contributed by atoms with Crippen molar-refractivity contribution in [3.8, 4) is 0 Å². The normalized spacial score (nSPS) is 13.0. The molecule has 0 aliphatic carbocycles. The number of unbranched alkanes of at least 4 members (excludes halogenated alkanes) is 32. The lowest BCUT2D eigenvalue weighted by Gasteiger charge is -2.25. The molecule has 13 nitrogen and oxygen atoms in total. The highest BCUT2D eigenvalue weighted by atomic mass is 16.5. The van der Waals surface area contributed by atoms with E-state index in [1.165, 1.54) is 141 Å². The Morgan fingerprint density at radius 3 is 0.821 bits per heavy atom. The molecule has 4 N–H and O–H groups in total. The number of nitrogens with one attached hydrogen (secondary N) is 2. The number of ether oxygens (including phenoxy) is 4. The fourth-order valence-electron chi connectivity index (χ4n) is 11.1. The Bertz CT molecular complexity index is 1420. The predicted octanol–water partition coefficient (Wildman–Crippen LogP) is 17.0. The van der Waals surface area contributed by atoms with Crippen LogP contribution in [-0.2, 0) is 38.1 Å². The zero-order valence-electron chi connectivity index (χ0n) is 55.9. The van der Waals surface area contributed by atoms with Gasteiger partial charge in [0.25, 0.3) is 0 Å². The first kappa shape index (κ1) is 81.7. The number of likely N-dealkylation sites (N-methyl/N-ethyl adjacent to an activating group) is 1. The molecule has 0 amide bonds. The van der Waals surface area contributed by atoms with Crippen LogP contribution in [-0.4, -0.2) is 124 Å². The number of carbonyl (C=O) groups excluding carboxylic acids is 4. The molecule has 0 saturated heterocycles. The van der Waals surface area contributed by atoms with Crippen molar-refractivity contribution in [2.45, 2.75) is 348 Å². The Morgan fingerprint density at radius 1 is 0.321 bits per heavy atom. The average Bonchev–Trinajstić information content (AvgIpc) is 3.53. The lowest BCUT2D eigenvalue weighted by Crippen LogP contribution is -2.39. The zero-order valence-corrected chi connectivity index (χ0v) is 55.9. The zero-order chi connectivity index (χ0) is 61.5. The molecule has 0 radical (unpaired) electrons. The summed E-state index contributed by atoms with van der Waals surface area (Å²) in [6, 6.07) is 0. The minimum absolute atomic E-state index is 0.0850. The Morgan fingerprint density at radius 2 is 0.548 bits per heavy atom. The van der Waals surface area contributed by atoms with Gasteiger partial charge in [0.2, 0.25) is 0 Å². The molecule has 0 spiro atoms. The van der Waals surface area contributed by atoms with E-state index in [1.54, 1.807) is 0 Å². The van der Waals surface area contributed by atoms with Crippen molar-refractivity contribution in [1.29, 1.82) is 0 Å². The van der Waals surface area contributed by atoms with Gasteiger partial charge in [0.15, 0.2) is 0 Å². The molecule has 0 rings (SSSR count). The molecule has 84 heavy (non-hydrogen) atoms. The van der Waals surface area contributed by atoms with Gasteiger partial charge in [-0.25, -0.2) is 0 Å². The second-order valence-electron chi connectivity index (χ2n) is 25.1. The number of aliphatic hydroxyl groups is 2. The minimum Gasteiger partial charge on any atom is -0.466 e. The van der Waals surface area contributed by atoms with Crippen LogP contribution in [0.3, 0.4) is 0 Å². The monoisotopic (exact) mass is 1190 g/mol. The van der Waals surface area contributed by atoms with Gasteiger partial charge in [0.05, 0.1) is 38.6 Å². The van der Waals surface area contributed by atoms with E-state index >= 15 is 0 Å². The van der Waals surface area contributed by atoms with Crippen molar-refractivity contribution in [2.24, 2.45) is 11.8 Å². The quantitative estimate of drug-likeness (QED) is 0.0258. The van der Waals surface area contributed by atoms with Crippen LogP contribution in [0, 0.1) is 11.8 Å². The molecule has 0 aromatic heterocycles. The van der Waals surface area contributed by atoms with Gasteiger partial charge in [-0.05, 0) is 122 Å². The Kier molecular flexibility index (Phi) is 63.3. The number of esters is 4. The average molecular weight is 1190 g/mol. The van der Waals surface area contributed by atoms with Gasteiger partial charge in [-0.15, -0.1) is 0 Å². The molecule has 0 fully saturated rings. The van der Waals surface area contributed by atoms with Crippen molar-refractivity contribution in [3.63, 3.8) is 0 Å². The number of rotatable bonds is 68. The van der Waals surface area contributed by atoms with Crippen molar-refractivity contribution in [2.75, 3.05) is 72.7 Å². The van der Waals surface area contributed by atoms with E-state index in [4.69, 9.17) is 18.9 Å². The van der Waals surface area contributed by atoms with Gasteiger partial charge in [0, 0.05) is 65.0 Å². The first-order valence-electron chi connectivity index (χ1n) is 36.2. The summed E-state index contributed by atoms with van der Waals surface area (Å²) < 4.78 is 22.3. The third-order valence-corrected chi connectivity index (χ3v) is 17.0. The van der Waals surface area contributed by atoms with Crippen molar-refractivity contribution >= 4 is 23.9 Å². The third-order valence-electron chi connectivity index (χ3n) is 17.0. The molecule has 0 bridgehead atoms. The van der Waals surface area contributed by atoms with Crippen LogP contribution in [0.25, 0.3) is 0 Å². The lowest BCUT2D eigenvalue weighted by molar-refractivity contribution is -0.144. The minimum atomic E-state index is -0.444. The summed E-state index contributed by atoms with van der Waals surface area (Å²) in [6.45, 7) is 15.4. The molecule has 498 valence electrons. The van der Waals surface area contributed by atoms with E-state index < -0.39 is 12.2 Å². The summed E-state index contributed by atoms with van der Waals surface area (Å²) in [4.78, 5) is 51.7. The van der Waals surface area contributed by atoms with E-state index in [9.17, 15) is 29.4 Å². The smallest absolute Gasteiger partial charge is 0.305 e. The molecule has 4 unspecified atom stereocenters. The van der Waals surface area contributed by atoms with Crippen LogP contribution in [0.15, 0.2) is 0 Å². The molecule has 13 heteroatoms. The van der Waals surface area contributed by atoms with Crippen LogP contribution in [0.2, 0.25) is 0 Å². The number of aliphatic hydroxyl groups excluding tert-OH is 2. The standard InChI is InChI=1S/C71H139N3O10/c1-6-10-14-18-22-25-29-37-51-69(78)82-59-43-33-35-49-67(76)65(47-41-45-61-84-71(80)53-39-31-27-24-20-16-12-8-3)63-73-55-57-74(5)56-54-72-62-64(46-40-44-60-83-70(79)52-38-30-26-23-19-15-11-7-2)66(75)48-34-32-42-58-81-68(77)50-36-28-21-17-13-9-4/h64-67,72-73,75-76H,6-63H2,1-5H3. The molecule has 0 aliphatic rings. The van der Waals surface area contributed by atoms with Crippen LogP contribution in [0.5, 0.6) is 0 Å². The summed E-state index contributed by atoms with van der Waals surface area (Å²) in [5, 5.41) is 30.2. The largest absolute Gasteiger partial charge is 0.466 e. The van der Waals surface area contributed by atoms with Crippen LogP contribution < -0.4 is 10.6 Å². The maximum atomic E-state index is 12.4. The van der Waals surface area contributed by atoms with E-state index in [0.29, 0.717) is 78.0 Å². The third kappa shape index (κ3) is 58.7. The second kappa shape index (κ2) is 65.1. The predicted molar refractivity (Wildman–Crippen MR) is 350 cm³/mol. The molecule has 0 saturated carbocycles. The second-order valence-corrected chi connectivity index (χ2v) is 25.1. The van der Waals surface area contributed by atoms with Gasteiger partial charge in [-0.3, -0.25) is 19.2 Å². The number of carbonyl (C=O) groups is 4. The molecular formula is C71H139N3O10. The van der Waals surface area contributed by atoms with Gasteiger partial charge < -0.3 is 44.7 Å². The number of hydrogen-bond acceptors (Lipinski definition) is 13. The lowest BCUT2D eigenvalue weighted by atomic mass is 9.92. The molecule has 0 aliphatic heterocycles. The molecule has 0 aromatic rings. The van der Waals surface area contributed by atoms with E-state index in [1.807, 2.05) is 0 Å². The topological polar surface area (TPSA) is 173 Å². The molecule has 0 heterocycles. The van der Waals surface area contributed by atoms with E-state index in [2.05, 4.69) is 50.3 Å². The highest BCUT2D eigenvalue weighted by Crippen LogP contribution is 2.21. The van der Waals surface area contributed by atoms with E-state index in [0.717, 1.165) is 155 Å². The van der Waals surface area contributed by atoms with Gasteiger partial charge >= 0.3 is 23.9 Å². The van der Waals surface area contributed by atoms with Gasteiger partial charge in [-0.1, -0.05) is 207 Å². The summed E-state index contributed by atoms with van der Waals surface area (Å²) >= 11 is 0. The first-order valence-corrected chi connectivity index (χ1v) is 36.2. The van der Waals surface area contributed by atoms with Crippen molar-refractivity contribution in [1.82, 2.24) is 15.5 Å². The molecule has 4 atom stereocenters. The summed E-state index contributed by atoms with van der Waals surface area (Å²) in [5.74, 6) is -0.201. The highest BCUT2D eigenvalue weighted by Gasteiger charge is 2.21. The van der Waals surface area contributed by atoms with Crippen LogP contribution >= 0.6 is 0 Å². The van der Waals surface area contributed by atoms with Crippen molar-refractivity contribution in [3.05, 3.63) is 0 Å². The van der Waals surface area contributed by atoms with Crippen LogP contribution in [0.1, 0.15) is 336 Å². The summed E-state index contributed by atoms with van der Waals surface area (Å²) in [5.41, 5.74) is 0. The van der Waals surface area contributed by atoms with Crippen molar-refractivity contribution < 1.29 is 48.3 Å². The number of nitrogens with zero attached hydrogens (tertiary/aromatic N) is 1. The van der Waals surface area contributed by atoms with E-state index in [-0.39, 0.29) is 35.7 Å². The molecule has 0 aromatic carbocycles. The summed E-state index contributed by atoms with van der Waals surface area (Å²) in [7, 11) is 2.13. The Balaban J connectivity index is 5.03. The SMILES string of the molecule is CCCCCCCCCCC(=O)OCCCCCC(O)C(CCCCOC(=O)CCCCCCCCCC)CNCCN(C)CCNCC(CCCCOC(=O)CCCCCCCCCC)C(O)CCCCCOC(=O)CCCCCCCC. The maximum absolute atomic E-state index is 12.4. The highest BCUT2D eigenvalue weighted by molar-refractivity contribution is 5.70. The molecular weight excluding hydrogens is 1050 g/mol. The fourth-order valence-corrected chi connectivity index (χ4v) is 11.1. The maximum Gasteiger partial charge on any atom is 0.305 e. The first-order chi connectivity index (χ1) is 41.1. The summed E-state index contributed by atoms with van der Waals surface area (Å²) in [6.07, 6.45) is 48.5. The Hall–Kier alpha value is -2.32. The fraction of sp³-hybridized carbons (Fsp3) is 0.944. The van der Waals surface area contributed by atoms with Gasteiger partial charge in [0.1, 0.15) is 0 Å².